The van der Waals surface area contributed by atoms with Crippen molar-refractivity contribution in [3.63, 3.8) is 0 Å². The molecule has 2 aromatic carbocycles. The lowest BCUT2D eigenvalue weighted by Crippen LogP contribution is -2.55. The Morgan fingerprint density at radius 1 is 0.984 bits per heavy atom. The number of nitrogens with zero attached hydrogens (tertiary/aromatic N) is 5. The first kappa shape index (κ1) is 43.0. The fourth-order valence-corrected chi connectivity index (χ4v) is 8.50. The summed E-state index contributed by atoms with van der Waals surface area (Å²) in [7, 11) is 3.30. The van der Waals surface area contributed by atoms with Crippen molar-refractivity contribution in [3.05, 3.63) is 59.3 Å². The molecule has 5 N–H and O–H groups in total. The molecule has 18 nitrogen and oxygen atoms in total. The summed E-state index contributed by atoms with van der Waals surface area (Å²) in [6.07, 6.45) is 7.94. The summed E-state index contributed by atoms with van der Waals surface area (Å²) >= 11 is 0. The van der Waals surface area contributed by atoms with Crippen LogP contribution in [-0.2, 0) is 30.5 Å². The molecule has 1 saturated carbocycles. The highest BCUT2D eigenvalue weighted by Crippen LogP contribution is 2.40. The van der Waals surface area contributed by atoms with Gasteiger partial charge in [0.25, 0.3) is 11.8 Å². The highest BCUT2D eigenvalue weighted by molar-refractivity contribution is 6.07. The van der Waals surface area contributed by atoms with Gasteiger partial charge in [0.05, 0.1) is 32.2 Å². The minimum Gasteiger partial charge on any atom is -0.495 e. The Hall–Kier alpha value is -6.14. The number of methoxy groups -OCH3 is 1. The van der Waals surface area contributed by atoms with Gasteiger partial charge in [-0.05, 0) is 69.0 Å². The fourth-order valence-electron chi connectivity index (χ4n) is 8.50. The summed E-state index contributed by atoms with van der Waals surface area (Å²) in [5.74, 6) is 0.00799. The van der Waals surface area contributed by atoms with Gasteiger partial charge >= 0.3 is 0 Å². The van der Waals surface area contributed by atoms with Crippen LogP contribution in [0.15, 0.2) is 42.6 Å². The van der Waals surface area contributed by atoms with E-state index in [-0.39, 0.29) is 67.4 Å². The number of rotatable bonds is 18. The minimum absolute atomic E-state index is 0.0527. The molecule has 2 atom stereocenters. The van der Waals surface area contributed by atoms with Crippen molar-refractivity contribution in [1.82, 2.24) is 30.8 Å². The number of piperidine rings is 1. The molecule has 3 aliphatic heterocycles. The highest BCUT2D eigenvalue weighted by Gasteiger charge is 2.42. The molecule has 1 aromatic heterocycles. The number of hydrogen-bond donors (Lipinski definition) is 5. The predicted molar refractivity (Wildman–Crippen MR) is 227 cm³/mol. The number of nitrogens with one attached hydrogen (secondary N) is 5. The molecule has 7 rings (SSSR count). The Morgan fingerprint density at radius 3 is 2.56 bits per heavy atom. The van der Waals surface area contributed by atoms with Crippen LogP contribution < -0.4 is 41.1 Å². The van der Waals surface area contributed by atoms with Crippen molar-refractivity contribution in [1.29, 1.82) is 0 Å². The number of benzene rings is 2. The maximum Gasteiger partial charge on any atom is 0.255 e. The number of carbonyl (C=O) groups excluding carboxylic acids is 6. The van der Waals surface area contributed by atoms with Crippen LogP contribution >= 0.6 is 0 Å². The molecular formula is C43H54N10O8. The Balaban J connectivity index is 0.801. The molecule has 0 radical (unpaired) electrons. The van der Waals surface area contributed by atoms with E-state index in [0.29, 0.717) is 91.1 Å². The molecule has 324 valence electrons. The Bertz CT molecular complexity index is 2160. The second-order valence-electron chi connectivity index (χ2n) is 15.6. The first-order valence-electron chi connectivity index (χ1n) is 21.1. The molecule has 18 heteroatoms. The van der Waals surface area contributed by atoms with E-state index < -0.39 is 11.9 Å². The summed E-state index contributed by atoms with van der Waals surface area (Å²) in [4.78, 5) is 90.7. The topological polar surface area (TPSA) is 217 Å². The maximum atomic E-state index is 13.2. The third kappa shape index (κ3) is 9.60. The normalized spacial score (nSPS) is 18.8. The first-order valence-corrected chi connectivity index (χ1v) is 21.1. The zero-order valence-corrected chi connectivity index (χ0v) is 34.9. The van der Waals surface area contributed by atoms with Crippen molar-refractivity contribution in [2.24, 2.45) is 0 Å². The SMILES string of the molecule is CC[C@@H]1C(=O)N(C)c2cnc(Nc3ccc(C(=O)NCCOCCNCCCC(=O)Nc4cccc5c4CN(C4CCC(=O)NC4=O)C5=O)cc3OC)nc2N1C1CCCC1. The van der Waals surface area contributed by atoms with E-state index in [9.17, 15) is 28.8 Å². The monoisotopic (exact) mass is 838 g/mol. The van der Waals surface area contributed by atoms with Gasteiger partial charge in [0.15, 0.2) is 5.82 Å². The summed E-state index contributed by atoms with van der Waals surface area (Å²) in [6.45, 7) is 4.39. The van der Waals surface area contributed by atoms with E-state index >= 15 is 0 Å². The average Bonchev–Trinajstić information content (AvgIpc) is 3.91. The van der Waals surface area contributed by atoms with Crippen LogP contribution in [0.1, 0.15) is 91.0 Å². The number of carbonyl (C=O) groups is 6. The molecule has 0 bridgehead atoms. The van der Waals surface area contributed by atoms with Crippen LogP contribution in [0.25, 0.3) is 0 Å². The molecule has 4 aliphatic rings. The first-order chi connectivity index (χ1) is 29.6. The number of ether oxygens (including phenoxy) is 2. The average molecular weight is 839 g/mol. The number of aromatic nitrogens is 2. The van der Waals surface area contributed by atoms with Crippen molar-refractivity contribution in [2.45, 2.75) is 89.4 Å². The smallest absolute Gasteiger partial charge is 0.255 e. The highest BCUT2D eigenvalue weighted by atomic mass is 16.5. The zero-order valence-electron chi connectivity index (χ0n) is 34.9. The molecule has 61 heavy (non-hydrogen) atoms. The predicted octanol–water partition coefficient (Wildman–Crippen LogP) is 3.25. The van der Waals surface area contributed by atoms with E-state index in [4.69, 9.17) is 14.5 Å². The molecule has 1 aliphatic carbocycles. The van der Waals surface area contributed by atoms with E-state index in [1.807, 2.05) is 6.92 Å². The van der Waals surface area contributed by atoms with Crippen molar-refractivity contribution >= 4 is 64.3 Å². The van der Waals surface area contributed by atoms with Crippen LogP contribution in [0.3, 0.4) is 0 Å². The van der Waals surface area contributed by atoms with Gasteiger partial charge in [-0.25, -0.2) is 4.98 Å². The minimum atomic E-state index is -0.725. The van der Waals surface area contributed by atoms with E-state index in [1.54, 1.807) is 54.5 Å². The molecule has 0 spiro atoms. The molecule has 3 aromatic rings. The van der Waals surface area contributed by atoms with E-state index in [2.05, 4.69) is 36.5 Å². The summed E-state index contributed by atoms with van der Waals surface area (Å²) < 4.78 is 11.3. The third-order valence-corrected chi connectivity index (χ3v) is 11.7. The summed E-state index contributed by atoms with van der Waals surface area (Å²) in [5.41, 5.74) is 3.32. The lowest BCUT2D eigenvalue weighted by molar-refractivity contribution is -0.137. The van der Waals surface area contributed by atoms with Gasteiger partial charge in [-0.1, -0.05) is 25.8 Å². The number of hydrogen-bond acceptors (Lipinski definition) is 13. The second kappa shape index (κ2) is 19.5. The fraction of sp³-hybridized carbons (Fsp3) is 0.488. The van der Waals surface area contributed by atoms with Crippen molar-refractivity contribution in [3.8, 4) is 5.75 Å². The van der Waals surface area contributed by atoms with E-state index in [0.717, 1.165) is 31.5 Å². The number of amides is 6. The molecule has 1 unspecified atom stereocenters. The Morgan fingerprint density at radius 2 is 1.79 bits per heavy atom. The van der Waals surface area contributed by atoms with Gasteiger partial charge in [0.2, 0.25) is 29.6 Å². The van der Waals surface area contributed by atoms with Crippen LogP contribution in [0, 0.1) is 0 Å². The van der Waals surface area contributed by atoms with Crippen molar-refractivity contribution in [2.75, 3.05) is 67.4 Å². The largest absolute Gasteiger partial charge is 0.495 e. The summed E-state index contributed by atoms with van der Waals surface area (Å²) in [5, 5.41) is 14.6. The van der Waals surface area contributed by atoms with Crippen LogP contribution in [0.5, 0.6) is 5.75 Å². The van der Waals surface area contributed by atoms with Gasteiger partial charge in [-0.3, -0.25) is 34.1 Å². The number of likely N-dealkylation sites (N-methyl/N-ethyl adjacent to an activating group) is 1. The van der Waals surface area contributed by atoms with Crippen LogP contribution in [0.2, 0.25) is 0 Å². The van der Waals surface area contributed by atoms with Crippen molar-refractivity contribution < 1.29 is 38.2 Å². The molecular weight excluding hydrogens is 785 g/mol. The van der Waals surface area contributed by atoms with Gasteiger partial charge in [-0.15, -0.1) is 0 Å². The lowest BCUT2D eigenvalue weighted by Gasteiger charge is -2.43. The Kier molecular flexibility index (Phi) is 13.7. The number of imide groups is 1. The Labute approximate surface area is 354 Å². The van der Waals surface area contributed by atoms with E-state index in [1.165, 1.54) is 12.0 Å². The third-order valence-electron chi connectivity index (χ3n) is 11.7. The maximum absolute atomic E-state index is 13.2. The molecule has 1 saturated heterocycles. The number of fused-ring (bicyclic) bond motifs is 2. The van der Waals surface area contributed by atoms with Crippen LogP contribution in [-0.4, -0.2) is 115 Å². The second-order valence-corrected chi connectivity index (χ2v) is 15.6. The number of anilines is 5. The van der Waals surface area contributed by atoms with Gasteiger partial charge in [0, 0.05) is 67.9 Å². The molecule has 6 amide bonds. The van der Waals surface area contributed by atoms with Crippen LogP contribution in [0.4, 0.5) is 28.8 Å². The lowest BCUT2D eigenvalue weighted by atomic mass is 10.0. The standard InChI is InChI=1S/C43H54N10O8/c1-4-32-42(59)51(2)34-24-46-43(50-38(34)53(32)27-9-5-6-10-27)48-31-15-14-26(23-35(31)60-3)39(56)45-20-22-61-21-19-44-18-8-13-36(54)47-30-12-7-11-28-29(30)25-52(41(28)58)33-16-17-37(55)49-40(33)57/h7,11-12,14-15,23-24,27,32-33,44H,4-6,8-10,13,16-22,25H2,1-3H3,(H,45,56)(H,47,54)(H,46,48,50)(H,49,55,57)/t32-,33?/m1/s1. The van der Waals surface area contributed by atoms with Gasteiger partial charge in [-0.2, -0.15) is 4.98 Å². The van der Waals surface area contributed by atoms with Gasteiger partial charge in [0.1, 0.15) is 23.5 Å². The zero-order chi connectivity index (χ0) is 43.0. The van der Waals surface area contributed by atoms with Gasteiger partial charge < -0.3 is 45.4 Å². The molecule has 2 fully saturated rings. The molecule has 4 heterocycles. The quantitative estimate of drug-likeness (QED) is 0.0920. The summed E-state index contributed by atoms with van der Waals surface area (Å²) in [6, 6.07) is 9.45.